The van der Waals surface area contributed by atoms with Gasteiger partial charge in [0, 0.05) is 58.0 Å². The molecule has 0 unspecified atom stereocenters. The van der Waals surface area contributed by atoms with Crippen LogP contribution in [0.4, 0.5) is 11.8 Å². The maximum Gasteiger partial charge on any atom is 0.227 e. The summed E-state index contributed by atoms with van der Waals surface area (Å²) in [6.07, 6.45) is 2.15. The van der Waals surface area contributed by atoms with Crippen molar-refractivity contribution >= 4 is 17.7 Å². The van der Waals surface area contributed by atoms with Crippen LogP contribution in [0.2, 0.25) is 0 Å². The summed E-state index contributed by atoms with van der Waals surface area (Å²) >= 11 is 0. The fourth-order valence-electron chi connectivity index (χ4n) is 2.62. The van der Waals surface area contributed by atoms with Crippen LogP contribution in [0.25, 0.3) is 0 Å². The van der Waals surface area contributed by atoms with Crippen LogP contribution in [0.3, 0.4) is 0 Å². The summed E-state index contributed by atoms with van der Waals surface area (Å²) in [5, 5.41) is 0. The van der Waals surface area contributed by atoms with Gasteiger partial charge in [-0.1, -0.05) is 0 Å². The average Bonchev–Trinajstić information content (AvgIpc) is 3.30. The van der Waals surface area contributed by atoms with Crippen molar-refractivity contribution in [3.8, 4) is 0 Å². The molecule has 1 aromatic rings. The number of anilines is 2. The molecule has 0 radical (unpaired) electrons. The molecule has 1 amide bonds. The molecular formula is C15H23N5O. The Morgan fingerprint density at radius 1 is 1.19 bits per heavy atom. The van der Waals surface area contributed by atoms with Gasteiger partial charge in [-0.05, 0) is 19.8 Å². The van der Waals surface area contributed by atoms with Gasteiger partial charge in [-0.25, -0.2) is 4.98 Å². The standard InChI is InChI=1S/C15H23N5O/c1-11-10-13(18(2)3)17-15(16-11)20-8-6-19(7-9-20)14(21)12-4-5-12/h10,12H,4-9H2,1-3H3. The maximum absolute atomic E-state index is 12.1. The number of piperazine rings is 1. The van der Waals surface area contributed by atoms with Crippen molar-refractivity contribution in [3.63, 3.8) is 0 Å². The Morgan fingerprint density at radius 2 is 1.86 bits per heavy atom. The molecule has 6 nitrogen and oxygen atoms in total. The topological polar surface area (TPSA) is 52.6 Å². The van der Waals surface area contributed by atoms with E-state index in [9.17, 15) is 4.79 Å². The van der Waals surface area contributed by atoms with Crippen molar-refractivity contribution in [2.45, 2.75) is 19.8 Å². The minimum Gasteiger partial charge on any atom is -0.363 e. The summed E-state index contributed by atoms with van der Waals surface area (Å²) < 4.78 is 0. The van der Waals surface area contributed by atoms with E-state index in [-0.39, 0.29) is 0 Å². The summed E-state index contributed by atoms with van der Waals surface area (Å²) in [5.41, 5.74) is 0.972. The van der Waals surface area contributed by atoms with Gasteiger partial charge in [-0.15, -0.1) is 0 Å². The van der Waals surface area contributed by atoms with Gasteiger partial charge >= 0.3 is 0 Å². The van der Waals surface area contributed by atoms with Crippen molar-refractivity contribution in [1.29, 1.82) is 0 Å². The largest absolute Gasteiger partial charge is 0.363 e. The zero-order valence-electron chi connectivity index (χ0n) is 13.0. The van der Waals surface area contributed by atoms with E-state index in [0.717, 1.165) is 56.5 Å². The molecule has 2 aliphatic rings. The van der Waals surface area contributed by atoms with E-state index < -0.39 is 0 Å². The van der Waals surface area contributed by atoms with Crippen molar-refractivity contribution < 1.29 is 4.79 Å². The lowest BCUT2D eigenvalue weighted by molar-refractivity contribution is -0.132. The minimum absolute atomic E-state index is 0.312. The molecule has 0 atom stereocenters. The van der Waals surface area contributed by atoms with E-state index in [2.05, 4.69) is 14.9 Å². The summed E-state index contributed by atoms with van der Waals surface area (Å²) in [4.78, 5) is 27.4. The number of carbonyl (C=O) groups is 1. The highest BCUT2D eigenvalue weighted by atomic mass is 16.2. The number of amides is 1. The smallest absolute Gasteiger partial charge is 0.227 e. The van der Waals surface area contributed by atoms with Crippen molar-refractivity contribution in [2.24, 2.45) is 5.92 Å². The molecule has 0 aromatic carbocycles. The van der Waals surface area contributed by atoms with Gasteiger partial charge in [0.05, 0.1) is 0 Å². The van der Waals surface area contributed by atoms with Gasteiger partial charge in [0.1, 0.15) is 5.82 Å². The van der Waals surface area contributed by atoms with Gasteiger partial charge in [-0.3, -0.25) is 4.79 Å². The van der Waals surface area contributed by atoms with E-state index in [1.807, 2.05) is 36.9 Å². The number of aryl methyl sites for hydroxylation is 1. The molecule has 0 N–H and O–H groups in total. The molecule has 1 aromatic heterocycles. The molecule has 3 rings (SSSR count). The quantitative estimate of drug-likeness (QED) is 0.828. The summed E-state index contributed by atoms with van der Waals surface area (Å²) in [7, 11) is 3.97. The van der Waals surface area contributed by atoms with Crippen molar-refractivity contribution in [3.05, 3.63) is 11.8 Å². The first-order chi connectivity index (χ1) is 10.0. The van der Waals surface area contributed by atoms with Crippen molar-refractivity contribution in [2.75, 3.05) is 50.1 Å². The minimum atomic E-state index is 0.312. The molecule has 6 heteroatoms. The molecule has 0 spiro atoms. The molecule has 1 aliphatic heterocycles. The highest BCUT2D eigenvalue weighted by Crippen LogP contribution is 2.31. The second kappa shape index (κ2) is 5.50. The van der Waals surface area contributed by atoms with Crippen LogP contribution in [-0.2, 0) is 4.79 Å². The van der Waals surface area contributed by atoms with E-state index >= 15 is 0 Å². The lowest BCUT2D eigenvalue weighted by Gasteiger charge is -2.35. The first-order valence-corrected chi connectivity index (χ1v) is 7.61. The highest BCUT2D eigenvalue weighted by Gasteiger charge is 2.34. The second-order valence-electron chi connectivity index (χ2n) is 6.15. The predicted molar refractivity (Wildman–Crippen MR) is 82.6 cm³/mol. The van der Waals surface area contributed by atoms with Crippen LogP contribution in [0.1, 0.15) is 18.5 Å². The number of nitrogens with zero attached hydrogens (tertiary/aromatic N) is 5. The second-order valence-corrected chi connectivity index (χ2v) is 6.15. The Labute approximate surface area is 125 Å². The van der Waals surface area contributed by atoms with Crippen LogP contribution in [0.5, 0.6) is 0 Å². The molecule has 1 aliphatic carbocycles. The Morgan fingerprint density at radius 3 is 2.43 bits per heavy atom. The summed E-state index contributed by atoms with van der Waals surface area (Å²) in [6.45, 7) is 5.18. The average molecular weight is 289 g/mol. The Kier molecular flexibility index (Phi) is 3.69. The Balaban J connectivity index is 1.67. The van der Waals surface area contributed by atoms with Gasteiger partial charge in [0.25, 0.3) is 0 Å². The van der Waals surface area contributed by atoms with E-state index in [1.54, 1.807) is 0 Å². The maximum atomic E-state index is 12.1. The predicted octanol–water partition coefficient (Wildman–Crippen LogP) is 0.910. The zero-order chi connectivity index (χ0) is 15.0. The fourth-order valence-corrected chi connectivity index (χ4v) is 2.62. The Hall–Kier alpha value is -1.85. The molecule has 1 saturated heterocycles. The molecule has 2 heterocycles. The van der Waals surface area contributed by atoms with Crippen molar-refractivity contribution in [1.82, 2.24) is 14.9 Å². The van der Waals surface area contributed by atoms with Gasteiger partial charge < -0.3 is 14.7 Å². The monoisotopic (exact) mass is 289 g/mol. The first kappa shape index (κ1) is 14.1. The molecule has 1 saturated carbocycles. The molecule has 114 valence electrons. The third-order valence-electron chi connectivity index (χ3n) is 4.09. The van der Waals surface area contributed by atoms with Gasteiger partial charge in [0.15, 0.2) is 0 Å². The number of aromatic nitrogens is 2. The molecule has 21 heavy (non-hydrogen) atoms. The van der Waals surface area contributed by atoms with Crippen LogP contribution >= 0.6 is 0 Å². The van der Waals surface area contributed by atoms with E-state index in [0.29, 0.717) is 11.8 Å². The Bertz CT molecular complexity index is 533. The van der Waals surface area contributed by atoms with E-state index in [4.69, 9.17) is 0 Å². The highest BCUT2D eigenvalue weighted by molar-refractivity contribution is 5.81. The lowest BCUT2D eigenvalue weighted by atomic mass is 10.2. The van der Waals surface area contributed by atoms with Crippen LogP contribution < -0.4 is 9.80 Å². The first-order valence-electron chi connectivity index (χ1n) is 7.61. The normalized spacial score (nSPS) is 18.8. The lowest BCUT2D eigenvalue weighted by Crippen LogP contribution is -2.49. The fraction of sp³-hybridized carbons (Fsp3) is 0.667. The van der Waals surface area contributed by atoms with Crippen LogP contribution in [0, 0.1) is 12.8 Å². The number of hydrogen-bond acceptors (Lipinski definition) is 5. The number of carbonyl (C=O) groups excluding carboxylic acids is 1. The molecule has 0 bridgehead atoms. The van der Waals surface area contributed by atoms with Gasteiger partial charge in [0.2, 0.25) is 11.9 Å². The summed E-state index contributed by atoms with van der Waals surface area (Å²) in [5.74, 6) is 2.35. The van der Waals surface area contributed by atoms with Gasteiger partial charge in [-0.2, -0.15) is 4.98 Å². The molecule has 2 fully saturated rings. The summed E-state index contributed by atoms with van der Waals surface area (Å²) in [6, 6.07) is 1.98. The zero-order valence-corrected chi connectivity index (χ0v) is 13.0. The molecular weight excluding hydrogens is 266 g/mol. The van der Waals surface area contributed by atoms with Crippen LogP contribution in [0.15, 0.2) is 6.07 Å². The number of rotatable bonds is 3. The third kappa shape index (κ3) is 3.09. The van der Waals surface area contributed by atoms with E-state index in [1.165, 1.54) is 0 Å². The number of hydrogen-bond donors (Lipinski definition) is 0. The SMILES string of the molecule is Cc1cc(N(C)C)nc(N2CCN(C(=O)C3CC3)CC2)n1. The third-order valence-corrected chi connectivity index (χ3v) is 4.09. The van der Waals surface area contributed by atoms with Crippen LogP contribution in [-0.4, -0.2) is 61.0 Å².